The van der Waals surface area contributed by atoms with Crippen LogP contribution in [0.1, 0.15) is 20.3 Å². The Hall–Kier alpha value is -1.10. The number of nitrogens with zero attached hydrogens (tertiary/aromatic N) is 1. The smallest absolute Gasteiger partial charge is 0.242 e. The van der Waals surface area contributed by atoms with Crippen molar-refractivity contribution in [3.8, 4) is 0 Å². The van der Waals surface area contributed by atoms with Crippen LogP contribution in [0.15, 0.2) is 0 Å². The molecule has 3 rings (SSSR count). The van der Waals surface area contributed by atoms with Crippen molar-refractivity contribution in [2.45, 2.75) is 25.8 Å². The Bertz CT molecular complexity index is 395. The summed E-state index contributed by atoms with van der Waals surface area (Å²) < 4.78 is 0. The summed E-state index contributed by atoms with van der Waals surface area (Å²) in [5.41, 5.74) is -0.672. The molecule has 3 fully saturated rings. The van der Waals surface area contributed by atoms with E-state index < -0.39 is 0 Å². The first-order valence-electron chi connectivity index (χ1n) is 6.30. The van der Waals surface area contributed by atoms with E-state index in [-0.39, 0.29) is 22.8 Å². The van der Waals surface area contributed by atoms with E-state index in [1.54, 1.807) is 0 Å². The third kappa shape index (κ3) is 1.29. The fraction of sp³-hybridized carbons (Fsp3) is 0.833. The van der Waals surface area contributed by atoms with Crippen molar-refractivity contribution >= 4 is 11.8 Å². The molecule has 2 amide bonds. The van der Waals surface area contributed by atoms with Crippen LogP contribution in [0, 0.1) is 11.3 Å². The Morgan fingerprint density at radius 1 is 1.24 bits per heavy atom. The number of amides is 2. The highest BCUT2D eigenvalue weighted by molar-refractivity contribution is 5.97. The minimum Gasteiger partial charge on any atom is -0.354 e. The van der Waals surface area contributed by atoms with Gasteiger partial charge in [0.2, 0.25) is 11.8 Å². The van der Waals surface area contributed by atoms with Crippen LogP contribution in [0.25, 0.3) is 0 Å². The summed E-state index contributed by atoms with van der Waals surface area (Å²) in [6.45, 7) is 7.36. The van der Waals surface area contributed by atoms with Gasteiger partial charge in [0, 0.05) is 26.2 Å². The van der Waals surface area contributed by atoms with Gasteiger partial charge in [0.15, 0.2) is 0 Å². The molecule has 5 heteroatoms. The topological polar surface area (TPSA) is 61.4 Å². The minimum atomic E-state index is -0.387. The first-order valence-corrected chi connectivity index (χ1v) is 6.30. The van der Waals surface area contributed by atoms with Crippen molar-refractivity contribution in [3.63, 3.8) is 0 Å². The van der Waals surface area contributed by atoms with Crippen LogP contribution in [-0.2, 0) is 9.59 Å². The van der Waals surface area contributed by atoms with Gasteiger partial charge >= 0.3 is 0 Å². The fourth-order valence-electron chi connectivity index (χ4n) is 3.37. The number of hydrogen-bond donors (Lipinski definition) is 2. The van der Waals surface area contributed by atoms with Gasteiger partial charge in [0.05, 0.1) is 5.41 Å². The molecule has 0 aromatic carbocycles. The van der Waals surface area contributed by atoms with E-state index in [2.05, 4.69) is 29.4 Å². The van der Waals surface area contributed by atoms with E-state index in [1.165, 1.54) is 0 Å². The second-order valence-electron chi connectivity index (χ2n) is 6.13. The monoisotopic (exact) mass is 237 g/mol. The van der Waals surface area contributed by atoms with Gasteiger partial charge in [-0.3, -0.25) is 14.5 Å². The number of carbonyl (C=O) groups is 2. The van der Waals surface area contributed by atoms with Crippen molar-refractivity contribution in [1.29, 1.82) is 0 Å². The van der Waals surface area contributed by atoms with Gasteiger partial charge < -0.3 is 10.6 Å². The zero-order valence-corrected chi connectivity index (χ0v) is 10.4. The first kappa shape index (κ1) is 11.0. The average Bonchev–Trinajstić information content (AvgIpc) is 2.64. The molecule has 0 bridgehead atoms. The number of nitrogens with one attached hydrogen (secondary N) is 2. The maximum atomic E-state index is 11.9. The van der Waals surface area contributed by atoms with Gasteiger partial charge in [-0.1, -0.05) is 13.8 Å². The molecule has 2 atom stereocenters. The number of β-lactam (4-membered cyclic amide) rings is 2. The van der Waals surface area contributed by atoms with Crippen LogP contribution in [-0.4, -0.2) is 48.4 Å². The molecule has 94 valence electrons. The lowest BCUT2D eigenvalue weighted by Crippen LogP contribution is -2.71. The fourth-order valence-corrected chi connectivity index (χ4v) is 3.37. The Balaban J connectivity index is 1.86. The molecule has 2 unspecified atom stereocenters. The summed E-state index contributed by atoms with van der Waals surface area (Å²) in [5.74, 6) is 0.746. The summed E-state index contributed by atoms with van der Waals surface area (Å²) >= 11 is 0. The third-order valence-corrected chi connectivity index (χ3v) is 4.35. The van der Waals surface area contributed by atoms with Crippen molar-refractivity contribution in [2.24, 2.45) is 11.3 Å². The second-order valence-corrected chi connectivity index (χ2v) is 6.13. The quantitative estimate of drug-likeness (QED) is 0.626. The average molecular weight is 237 g/mol. The lowest BCUT2D eigenvalue weighted by Gasteiger charge is -2.45. The van der Waals surface area contributed by atoms with Crippen molar-refractivity contribution in [1.82, 2.24) is 15.5 Å². The molecule has 3 saturated heterocycles. The minimum absolute atomic E-state index is 0.106. The van der Waals surface area contributed by atoms with E-state index in [9.17, 15) is 9.59 Å². The molecule has 0 aromatic rings. The number of carbonyl (C=O) groups excluding carboxylic acids is 2. The molecule has 2 N–H and O–H groups in total. The van der Waals surface area contributed by atoms with E-state index in [0.29, 0.717) is 18.9 Å². The largest absolute Gasteiger partial charge is 0.354 e. The highest BCUT2D eigenvalue weighted by Gasteiger charge is 2.66. The summed E-state index contributed by atoms with van der Waals surface area (Å²) in [6, 6.07) is 0. The molecule has 0 radical (unpaired) electrons. The third-order valence-electron chi connectivity index (χ3n) is 4.35. The van der Waals surface area contributed by atoms with Gasteiger partial charge in [-0.25, -0.2) is 0 Å². The Morgan fingerprint density at radius 3 is 2.29 bits per heavy atom. The Labute approximate surface area is 101 Å². The number of rotatable bonds is 2. The predicted molar refractivity (Wildman–Crippen MR) is 62.2 cm³/mol. The lowest BCUT2D eigenvalue weighted by atomic mass is 9.73. The Morgan fingerprint density at radius 2 is 1.94 bits per heavy atom. The zero-order valence-electron chi connectivity index (χ0n) is 10.4. The number of likely N-dealkylation sites (tertiary alicyclic amines) is 1. The molecule has 0 aliphatic carbocycles. The summed E-state index contributed by atoms with van der Waals surface area (Å²) in [5, 5.41) is 5.65. The Kier molecular flexibility index (Phi) is 2.09. The summed E-state index contributed by atoms with van der Waals surface area (Å²) in [4.78, 5) is 25.9. The van der Waals surface area contributed by atoms with Gasteiger partial charge in [0.1, 0.15) is 5.54 Å². The molecular formula is C12H19N3O2. The van der Waals surface area contributed by atoms with E-state index in [4.69, 9.17) is 0 Å². The summed E-state index contributed by atoms with van der Waals surface area (Å²) in [6.07, 6.45) is 0.699. The predicted octanol–water partition coefficient (Wildman–Crippen LogP) is -0.667. The standard InChI is InChI=1S/C12H19N3O2/c1-8(2)3-15-7-11(5-13-9(11)16)4-12(15)6-14-10(12)17/h8H,3-7H2,1-2H3,(H,13,16)(H,14,17). The van der Waals surface area contributed by atoms with Crippen LogP contribution in [0.5, 0.6) is 0 Å². The molecule has 3 heterocycles. The maximum absolute atomic E-state index is 11.9. The van der Waals surface area contributed by atoms with Crippen molar-refractivity contribution < 1.29 is 9.59 Å². The van der Waals surface area contributed by atoms with E-state index in [1.807, 2.05) is 0 Å². The summed E-state index contributed by atoms with van der Waals surface area (Å²) in [7, 11) is 0. The molecular weight excluding hydrogens is 218 g/mol. The molecule has 5 nitrogen and oxygen atoms in total. The van der Waals surface area contributed by atoms with Gasteiger partial charge in [-0.15, -0.1) is 0 Å². The zero-order chi connectivity index (χ0) is 12.3. The van der Waals surface area contributed by atoms with E-state index in [0.717, 1.165) is 19.6 Å². The molecule has 0 aromatic heterocycles. The van der Waals surface area contributed by atoms with Crippen LogP contribution in [0.4, 0.5) is 0 Å². The second kappa shape index (κ2) is 3.22. The highest BCUT2D eigenvalue weighted by Crippen LogP contribution is 2.47. The molecule has 0 saturated carbocycles. The molecule has 3 aliphatic rings. The van der Waals surface area contributed by atoms with Crippen molar-refractivity contribution in [2.75, 3.05) is 26.2 Å². The van der Waals surface area contributed by atoms with Crippen LogP contribution in [0.2, 0.25) is 0 Å². The van der Waals surface area contributed by atoms with Crippen molar-refractivity contribution in [3.05, 3.63) is 0 Å². The van der Waals surface area contributed by atoms with Crippen LogP contribution < -0.4 is 10.6 Å². The molecule has 17 heavy (non-hydrogen) atoms. The normalized spacial score (nSPS) is 40.4. The number of hydrogen-bond acceptors (Lipinski definition) is 3. The maximum Gasteiger partial charge on any atom is 0.242 e. The van der Waals surface area contributed by atoms with Gasteiger partial charge in [0.25, 0.3) is 0 Å². The van der Waals surface area contributed by atoms with Crippen LogP contribution >= 0.6 is 0 Å². The lowest BCUT2D eigenvalue weighted by molar-refractivity contribution is -0.142. The SMILES string of the molecule is CC(C)CN1CC2(CNC2=O)CC12CNC2=O. The van der Waals surface area contributed by atoms with Crippen LogP contribution in [0.3, 0.4) is 0 Å². The molecule has 3 aliphatic heterocycles. The van der Waals surface area contributed by atoms with Gasteiger partial charge in [-0.05, 0) is 12.3 Å². The highest BCUT2D eigenvalue weighted by atomic mass is 16.2. The van der Waals surface area contributed by atoms with Gasteiger partial charge in [-0.2, -0.15) is 0 Å². The first-order chi connectivity index (χ1) is 7.98. The van der Waals surface area contributed by atoms with E-state index >= 15 is 0 Å². The molecule has 2 spiro atoms.